The van der Waals surface area contributed by atoms with Gasteiger partial charge in [0, 0.05) is 24.2 Å². The lowest BCUT2D eigenvalue weighted by atomic mass is 10.1. The van der Waals surface area contributed by atoms with Gasteiger partial charge in [0.2, 0.25) is 0 Å². The molecular formula is C21H24ClN3O2. The minimum absolute atomic E-state index is 0.642. The monoisotopic (exact) mass is 385 g/mol. The SMILES string of the molecule is COc1cccc(CN(C)Cc2c(C)nn(-c3ccccc3)c2Cl)c1OC. The fourth-order valence-corrected chi connectivity index (χ4v) is 3.48. The van der Waals surface area contributed by atoms with Gasteiger partial charge in [0.1, 0.15) is 5.15 Å². The van der Waals surface area contributed by atoms with Crippen molar-refractivity contribution in [3.05, 3.63) is 70.5 Å². The molecule has 3 rings (SSSR count). The van der Waals surface area contributed by atoms with Crippen LogP contribution in [0.15, 0.2) is 48.5 Å². The lowest BCUT2D eigenvalue weighted by molar-refractivity contribution is 0.303. The molecule has 0 atom stereocenters. The van der Waals surface area contributed by atoms with Crippen LogP contribution in [0.5, 0.6) is 11.5 Å². The van der Waals surface area contributed by atoms with Gasteiger partial charge in [0.25, 0.3) is 0 Å². The van der Waals surface area contributed by atoms with Gasteiger partial charge < -0.3 is 9.47 Å². The molecule has 0 bridgehead atoms. The molecule has 0 unspecified atom stereocenters. The lowest BCUT2D eigenvalue weighted by Crippen LogP contribution is -2.18. The Kier molecular flexibility index (Phi) is 6.04. The van der Waals surface area contributed by atoms with Crippen LogP contribution in [0.1, 0.15) is 16.8 Å². The van der Waals surface area contributed by atoms with E-state index in [2.05, 4.69) is 17.0 Å². The molecule has 2 aromatic carbocycles. The van der Waals surface area contributed by atoms with Crippen molar-refractivity contribution in [2.75, 3.05) is 21.3 Å². The number of halogens is 1. The van der Waals surface area contributed by atoms with Crippen molar-refractivity contribution < 1.29 is 9.47 Å². The van der Waals surface area contributed by atoms with Gasteiger partial charge in [0.15, 0.2) is 11.5 Å². The molecule has 0 aliphatic heterocycles. The largest absolute Gasteiger partial charge is 0.493 e. The van der Waals surface area contributed by atoms with E-state index in [9.17, 15) is 0 Å². The highest BCUT2D eigenvalue weighted by molar-refractivity contribution is 6.30. The first kappa shape index (κ1) is 19.3. The van der Waals surface area contributed by atoms with Crippen LogP contribution in [0.3, 0.4) is 0 Å². The van der Waals surface area contributed by atoms with Gasteiger partial charge >= 0.3 is 0 Å². The molecule has 0 spiro atoms. The van der Waals surface area contributed by atoms with Gasteiger partial charge in [-0.25, -0.2) is 4.68 Å². The van der Waals surface area contributed by atoms with Crippen molar-refractivity contribution >= 4 is 11.6 Å². The molecule has 6 heteroatoms. The zero-order valence-electron chi connectivity index (χ0n) is 16.1. The summed E-state index contributed by atoms with van der Waals surface area (Å²) in [5.41, 5.74) is 3.95. The standard InChI is InChI=1S/C21H24ClN3O2/c1-15-18(21(22)25(23-15)17-10-6-5-7-11-17)14-24(2)13-16-9-8-12-19(26-3)20(16)27-4/h5-12H,13-14H2,1-4H3. The van der Waals surface area contributed by atoms with Crippen molar-refractivity contribution in [3.63, 3.8) is 0 Å². The van der Waals surface area contributed by atoms with Gasteiger partial charge in [-0.05, 0) is 32.2 Å². The molecule has 0 aliphatic rings. The first-order valence-electron chi connectivity index (χ1n) is 8.73. The maximum atomic E-state index is 6.65. The Hall–Kier alpha value is -2.50. The van der Waals surface area contributed by atoms with Crippen LogP contribution in [0.2, 0.25) is 5.15 Å². The van der Waals surface area contributed by atoms with E-state index in [1.54, 1.807) is 18.9 Å². The molecule has 0 N–H and O–H groups in total. The highest BCUT2D eigenvalue weighted by atomic mass is 35.5. The van der Waals surface area contributed by atoms with Crippen molar-refractivity contribution in [1.29, 1.82) is 0 Å². The van der Waals surface area contributed by atoms with Crippen molar-refractivity contribution in [3.8, 4) is 17.2 Å². The van der Waals surface area contributed by atoms with Crippen molar-refractivity contribution in [1.82, 2.24) is 14.7 Å². The summed E-state index contributed by atoms with van der Waals surface area (Å²) in [5.74, 6) is 1.49. The Labute approximate surface area is 165 Å². The number of methoxy groups -OCH3 is 2. The number of hydrogen-bond donors (Lipinski definition) is 0. The number of ether oxygens (including phenoxy) is 2. The molecule has 1 heterocycles. The van der Waals surface area contributed by atoms with Gasteiger partial charge in [-0.2, -0.15) is 5.10 Å². The van der Waals surface area contributed by atoms with Crippen LogP contribution < -0.4 is 9.47 Å². The Morgan fingerprint density at radius 1 is 1.00 bits per heavy atom. The van der Waals surface area contributed by atoms with E-state index in [1.807, 2.05) is 55.5 Å². The van der Waals surface area contributed by atoms with E-state index in [-0.39, 0.29) is 0 Å². The lowest BCUT2D eigenvalue weighted by Gasteiger charge is -2.19. The number of hydrogen-bond acceptors (Lipinski definition) is 4. The molecule has 0 saturated carbocycles. The van der Waals surface area contributed by atoms with E-state index in [1.165, 1.54) is 0 Å². The quantitative estimate of drug-likeness (QED) is 0.601. The van der Waals surface area contributed by atoms with Crippen LogP contribution in [0.25, 0.3) is 5.69 Å². The van der Waals surface area contributed by atoms with Gasteiger partial charge in [0.05, 0.1) is 25.6 Å². The molecule has 0 fully saturated rings. The van der Waals surface area contributed by atoms with Crippen LogP contribution in [0, 0.1) is 6.92 Å². The smallest absolute Gasteiger partial charge is 0.165 e. The van der Waals surface area contributed by atoms with Crippen molar-refractivity contribution in [2.24, 2.45) is 0 Å². The number of aryl methyl sites for hydroxylation is 1. The minimum atomic E-state index is 0.642. The van der Waals surface area contributed by atoms with Gasteiger partial charge in [-0.15, -0.1) is 0 Å². The third kappa shape index (κ3) is 4.10. The first-order chi connectivity index (χ1) is 13.0. The Morgan fingerprint density at radius 3 is 2.41 bits per heavy atom. The molecule has 142 valence electrons. The Bertz CT molecular complexity index is 909. The summed E-state index contributed by atoms with van der Waals surface area (Å²) >= 11 is 6.65. The molecule has 5 nitrogen and oxygen atoms in total. The Balaban J connectivity index is 1.81. The zero-order chi connectivity index (χ0) is 19.4. The molecule has 27 heavy (non-hydrogen) atoms. The topological polar surface area (TPSA) is 39.5 Å². The van der Waals surface area contributed by atoms with Gasteiger partial charge in [-0.3, -0.25) is 4.90 Å². The molecular weight excluding hydrogens is 362 g/mol. The number of benzene rings is 2. The highest BCUT2D eigenvalue weighted by Gasteiger charge is 2.18. The maximum absolute atomic E-state index is 6.65. The third-order valence-electron chi connectivity index (χ3n) is 4.48. The minimum Gasteiger partial charge on any atom is -0.493 e. The third-order valence-corrected chi connectivity index (χ3v) is 4.86. The summed E-state index contributed by atoms with van der Waals surface area (Å²) < 4.78 is 12.7. The predicted octanol–water partition coefficient (Wildman–Crippen LogP) is 4.48. The Morgan fingerprint density at radius 2 is 1.74 bits per heavy atom. The second-order valence-electron chi connectivity index (χ2n) is 6.43. The summed E-state index contributed by atoms with van der Waals surface area (Å²) in [7, 11) is 5.35. The molecule has 0 saturated heterocycles. The van der Waals surface area contributed by atoms with E-state index < -0.39 is 0 Å². The van der Waals surface area contributed by atoms with E-state index >= 15 is 0 Å². The summed E-state index contributed by atoms with van der Waals surface area (Å²) in [6, 6.07) is 15.8. The molecule has 0 radical (unpaired) electrons. The first-order valence-corrected chi connectivity index (χ1v) is 9.10. The highest BCUT2D eigenvalue weighted by Crippen LogP contribution is 2.32. The summed E-state index contributed by atoms with van der Waals surface area (Å²) in [4.78, 5) is 2.18. The van der Waals surface area contributed by atoms with Crippen LogP contribution in [0.4, 0.5) is 0 Å². The number of aromatic nitrogens is 2. The zero-order valence-corrected chi connectivity index (χ0v) is 16.8. The molecule has 3 aromatic rings. The summed E-state index contributed by atoms with van der Waals surface area (Å²) in [6.45, 7) is 3.37. The average molecular weight is 386 g/mol. The fraction of sp³-hybridized carbons (Fsp3) is 0.286. The summed E-state index contributed by atoms with van der Waals surface area (Å²) in [5, 5.41) is 5.26. The van der Waals surface area contributed by atoms with Crippen LogP contribution in [-0.2, 0) is 13.1 Å². The number of rotatable bonds is 7. The second-order valence-corrected chi connectivity index (χ2v) is 6.79. The van der Waals surface area contributed by atoms with Crippen LogP contribution >= 0.6 is 11.6 Å². The maximum Gasteiger partial charge on any atom is 0.165 e. The summed E-state index contributed by atoms with van der Waals surface area (Å²) in [6.07, 6.45) is 0. The average Bonchev–Trinajstić information content (AvgIpc) is 2.96. The van der Waals surface area contributed by atoms with E-state index in [4.69, 9.17) is 21.1 Å². The molecule has 0 aliphatic carbocycles. The number of para-hydroxylation sites is 2. The van der Waals surface area contributed by atoms with E-state index in [0.717, 1.165) is 34.0 Å². The van der Waals surface area contributed by atoms with Gasteiger partial charge in [-0.1, -0.05) is 41.9 Å². The number of nitrogens with zero attached hydrogens (tertiary/aromatic N) is 3. The second kappa shape index (κ2) is 8.46. The van der Waals surface area contributed by atoms with E-state index in [0.29, 0.717) is 18.2 Å². The van der Waals surface area contributed by atoms with Crippen LogP contribution in [-0.4, -0.2) is 35.9 Å². The fourth-order valence-electron chi connectivity index (χ4n) is 3.15. The molecule has 0 amide bonds. The molecule has 1 aromatic heterocycles. The predicted molar refractivity (Wildman–Crippen MR) is 108 cm³/mol. The normalized spacial score (nSPS) is 11.0. The van der Waals surface area contributed by atoms with Crippen molar-refractivity contribution in [2.45, 2.75) is 20.0 Å².